The first-order valence-corrected chi connectivity index (χ1v) is 7.96. The monoisotopic (exact) mass is 326 g/mol. The number of rotatable bonds is 8. The standard InChI is InChI=1S/C17H26N2O2.ClH/c20-17(19-16-8-4-11-18-14-16)9-5-12-21-13-10-15-6-2-1-3-7-15;/h1-3,6-7,16,18H,4-5,8-14H2,(H,19,20);1H. The highest BCUT2D eigenvalue weighted by atomic mass is 35.5. The van der Waals surface area contributed by atoms with Crippen molar-refractivity contribution in [1.82, 2.24) is 10.6 Å². The quantitative estimate of drug-likeness (QED) is 0.721. The molecule has 1 atom stereocenters. The summed E-state index contributed by atoms with van der Waals surface area (Å²) >= 11 is 0. The molecular weight excluding hydrogens is 300 g/mol. The van der Waals surface area contributed by atoms with E-state index in [0.717, 1.165) is 45.4 Å². The van der Waals surface area contributed by atoms with E-state index in [0.29, 0.717) is 19.1 Å². The van der Waals surface area contributed by atoms with Gasteiger partial charge in [-0.1, -0.05) is 30.3 Å². The summed E-state index contributed by atoms with van der Waals surface area (Å²) in [5.41, 5.74) is 1.29. The minimum Gasteiger partial charge on any atom is -0.381 e. The second-order valence-electron chi connectivity index (χ2n) is 5.56. The molecule has 2 N–H and O–H groups in total. The van der Waals surface area contributed by atoms with Crippen molar-refractivity contribution in [2.45, 2.75) is 38.1 Å². The zero-order valence-electron chi connectivity index (χ0n) is 13.1. The first-order valence-electron chi connectivity index (χ1n) is 7.96. The summed E-state index contributed by atoms with van der Waals surface area (Å²) in [5, 5.41) is 6.38. The molecule has 4 nitrogen and oxygen atoms in total. The van der Waals surface area contributed by atoms with Gasteiger partial charge in [0.2, 0.25) is 5.91 Å². The van der Waals surface area contributed by atoms with Crippen LogP contribution < -0.4 is 10.6 Å². The molecule has 1 aromatic rings. The maximum absolute atomic E-state index is 11.8. The Morgan fingerprint density at radius 3 is 2.82 bits per heavy atom. The van der Waals surface area contributed by atoms with Crippen molar-refractivity contribution < 1.29 is 9.53 Å². The summed E-state index contributed by atoms with van der Waals surface area (Å²) < 4.78 is 5.59. The number of hydrogen-bond acceptors (Lipinski definition) is 3. The molecular formula is C17H27ClN2O2. The lowest BCUT2D eigenvalue weighted by Gasteiger charge is -2.23. The van der Waals surface area contributed by atoms with E-state index in [4.69, 9.17) is 4.74 Å². The van der Waals surface area contributed by atoms with Gasteiger partial charge in [0.25, 0.3) is 0 Å². The Morgan fingerprint density at radius 1 is 1.27 bits per heavy atom. The third kappa shape index (κ3) is 7.78. The van der Waals surface area contributed by atoms with Gasteiger partial charge in [0, 0.05) is 25.6 Å². The van der Waals surface area contributed by atoms with Crippen molar-refractivity contribution in [3.8, 4) is 0 Å². The molecule has 1 fully saturated rings. The van der Waals surface area contributed by atoms with Gasteiger partial charge in [0.15, 0.2) is 0 Å². The lowest BCUT2D eigenvalue weighted by Crippen LogP contribution is -2.45. The highest BCUT2D eigenvalue weighted by molar-refractivity contribution is 5.85. The van der Waals surface area contributed by atoms with Gasteiger partial charge >= 0.3 is 0 Å². The molecule has 1 aliphatic rings. The van der Waals surface area contributed by atoms with Gasteiger partial charge in [-0.2, -0.15) is 0 Å². The van der Waals surface area contributed by atoms with Crippen LogP contribution in [0.3, 0.4) is 0 Å². The first kappa shape index (κ1) is 18.9. The Balaban J connectivity index is 0.00000242. The summed E-state index contributed by atoms with van der Waals surface area (Å²) in [7, 11) is 0. The number of amides is 1. The smallest absolute Gasteiger partial charge is 0.220 e. The Hall–Kier alpha value is -1.10. The normalized spacial score (nSPS) is 17.5. The average Bonchev–Trinajstić information content (AvgIpc) is 2.53. The number of carbonyl (C=O) groups excluding carboxylic acids is 1. The molecule has 0 saturated carbocycles. The van der Waals surface area contributed by atoms with Gasteiger partial charge in [0.05, 0.1) is 6.61 Å². The number of carbonyl (C=O) groups is 1. The van der Waals surface area contributed by atoms with E-state index in [1.54, 1.807) is 0 Å². The van der Waals surface area contributed by atoms with Gasteiger partial charge in [0.1, 0.15) is 0 Å². The summed E-state index contributed by atoms with van der Waals surface area (Å²) in [6.45, 7) is 3.35. The predicted octanol–water partition coefficient (Wildman–Crippen LogP) is 2.32. The lowest BCUT2D eigenvalue weighted by molar-refractivity contribution is -0.122. The van der Waals surface area contributed by atoms with Crippen molar-refractivity contribution in [2.75, 3.05) is 26.3 Å². The van der Waals surface area contributed by atoms with E-state index >= 15 is 0 Å². The molecule has 0 bridgehead atoms. The van der Waals surface area contributed by atoms with Gasteiger partial charge in [-0.3, -0.25) is 4.79 Å². The highest BCUT2D eigenvalue weighted by Crippen LogP contribution is 2.03. The lowest BCUT2D eigenvalue weighted by atomic mass is 10.1. The molecule has 1 saturated heterocycles. The summed E-state index contributed by atoms with van der Waals surface area (Å²) in [4.78, 5) is 11.8. The number of hydrogen-bond donors (Lipinski definition) is 2. The molecule has 2 rings (SSSR count). The zero-order chi connectivity index (χ0) is 14.8. The van der Waals surface area contributed by atoms with Crippen LogP contribution in [0.2, 0.25) is 0 Å². The first-order chi connectivity index (χ1) is 10.3. The van der Waals surface area contributed by atoms with Crippen molar-refractivity contribution >= 4 is 18.3 Å². The third-order valence-corrected chi connectivity index (χ3v) is 3.73. The predicted molar refractivity (Wildman–Crippen MR) is 91.5 cm³/mol. The number of halogens is 1. The molecule has 1 amide bonds. The van der Waals surface area contributed by atoms with E-state index in [-0.39, 0.29) is 18.3 Å². The summed E-state index contributed by atoms with van der Waals surface area (Å²) in [6.07, 6.45) is 4.52. The van der Waals surface area contributed by atoms with Crippen LogP contribution >= 0.6 is 12.4 Å². The number of piperidine rings is 1. The van der Waals surface area contributed by atoms with Gasteiger partial charge < -0.3 is 15.4 Å². The third-order valence-electron chi connectivity index (χ3n) is 3.73. The van der Waals surface area contributed by atoms with Crippen LogP contribution in [0.5, 0.6) is 0 Å². The maximum Gasteiger partial charge on any atom is 0.220 e. The van der Waals surface area contributed by atoms with Crippen LogP contribution in [0.4, 0.5) is 0 Å². The van der Waals surface area contributed by atoms with Crippen molar-refractivity contribution in [3.05, 3.63) is 35.9 Å². The van der Waals surface area contributed by atoms with Gasteiger partial charge in [-0.05, 0) is 37.8 Å². The van der Waals surface area contributed by atoms with E-state index in [1.165, 1.54) is 5.56 Å². The molecule has 5 heteroatoms. The van der Waals surface area contributed by atoms with Crippen LogP contribution in [-0.2, 0) is 16.0 Å². The minimum absolute atomic E-state index is 0. The number of benzene rings is 1. The molecule has 1 heterocycles. The molecule has 22 heavy (non-hydrogen) atoms. The second-order valence-corrected chi connectivity index (χ2v) is 5.56. The maximum atomic E-state index is 11.8. The molecule has 0 aromatic heterocycles. The second kappa shape index (κ2) is 11.5. The summed E-state index contributed by atoms with van der Waals surface area (Å²) in [5.74, 6) is 0.148. The Bertz CT molecular complexity index is 408. The minimum atomic E-state index is 0. The fourth-order valence-electron chi connectivity index (χ4n) is 2.55. The topological polar surface area (TPSA) is 50.4 Å². The van der Waals surface area contributed by atoms with E-state index in [2.05, 4.69) is 22.8 Å². The Kier molecular flexibility index (Phi) is 9.87. The van der Waals surface area contributed by atoms with Gasteiger partial charge in [-0.15, -0.1) is 12.4 Å². The molecule has 124 valence electrons. The molecule has 0 spiro atoms. The number of ether oxygens (including phenoxy) is 1. The van der Waals surface area contributed by atoms with E-state index in [1.807, 2.05) is 18.2 Å². The zero-order valence-corrected chi connectivity index (χ0v) is 13.9. The Morgan fingerprint density at radius 2 is 2.09 bits per heavy atom. The molecule has 1 aromatic carbocycles. The van der Waals surface area contributed by atoms with Crippen molar-refractivity contribution in [2.24, 2.45) is 0 Å². The Labute approximate surface area is 139 Å². The van der Waals surface area contributed by atoms with Crippen molar-refractivity contribution in [3.63, 3.8) is 0 Å². The van der Waals surface area contributed by atoms with E-state index in [9.17, 15) is 4.79 Å². The fraction of sp³-hybridized carbons (Fsp3) is 0.588. The largest absolute Gasteiger partial charge is 0.381 e. The van der Waals surface area contributed by atoms with Crippen LogP contribution in [0.15, 0.2) is 30.3 Å². The average molecular weight is 327 g/mol. The van der Waals surface area contributed by atoms with Crippen molar-refractivity contribution in [1.29, 1.82) is 0 Å². The SMILES string of the molecule is Cl.O=C(CCCOCCc1ccccc1)NC1CCCNC1. The molecule has 1 unspecified atom stereocenters. The van der Waals surface area contributed by atoms with Gasteiger partial charge in [-0.25, -0.2) is 0 Å². The molecule has 1 aliphatic heterocycles. The van der Waals surface area contributed by atoms with Crippen LogP contribution in [0, 0.1) is 0 Å². The van der Waals surface area contributed by atoms with Crippen LogP contribution in [-0.4, -0.2) is 38.3 Å². The molecule has 0 aliphatic carbocycles. The molecule has 0 radical (unpaired) electrons. The van der Waals surface area contributed by atoms with Crippen LogP contribution in [0.1, 0.15) is 31.2 Å². The fourth-order valence-corrected chi connectivity index (χ4v) is 2.55. The highest BCUT2D eigenvalue weighted by Gasteiger charge is 2.14. The summed E-state index contributed by atoms with van der Waals surface area (Å²) in [6, 6.07) is 10.6. The number of nitrogens with one attached hydrogen (secondary N) is 2. The van der Waals surface area contributed by atoms with E-state index < -0.39 is 0 Å². The van der Waals surface area contributed by atoms with Crippen LogP contribution in [0.25, 0.3) is 0 Å².